The highest BCUT2D eigenvalue weighted by Crippen LogP contribution is 2.39. The van der Waals surface area contributed by atoms with Crippen LogP contribution >= 0.6 is 0 Å². The van der Waals surface area contributed by atoms with Gasteiger partial charge >= 0.3 is 24.2 Å². The van der Waals surface area contributed by atoms with Gasteiger partial charge in [0, 0.05) is 32.1 Å². The van der Waals surface area contributed by atoms with E-state index in [0.29, 0.717) is 26.2 Å². The molecule has 11 nitrogen and oxygen atoms in total. The molecule has 4 rings (SSSR count). The van der Waals surface area contributed by atoms with Crippen LogP contribution in [0.2, 0.25) is 0 Å². The average molecular weight is 668 g/mol. The first kappa shape index (κ1) is 38.2. The number of carbonyl (C=O) groups is 4. The number of benzene rings is 2. The molecular formula is C37H53N3O8. The molecule has 2 aromatic carbocycles. The van der Waals surface area contributed by atoms with E-state index in [1.165, 1.54) is 7.11 Å². The number of ether oxygens (including phenoxy) is 4. The lowest BCUT2D eigenvalue weighted by Gasteiger charge is -2.32. The molecule has 11 heteroatoms. The number of methoxy groups -OCH3 is 1. The van der Waals surface area contributed by atoms with Crippen molar-refractivity contribution in [2.75, 3.05) is 33.3 Å². The molecule has 2 aliphatic heterocycles. The molecule has 4 atom stereocenters. The van der Waals surface area contributed by atoms with Crippen LogP contribution < -0.4 is 5.32 Å². The van der Waals surface area contributed by atoms with E-state index in [2.05, 4.69) is 12.2 Å². The first-order valence-corrected chi connectivity index (χ1v) is 16.6. The third-order valence-corrected chi connectivity index (χ3v) is 9.07. The quantitative estimate of drug-likeness (QED) is 0.241. The van der Waals surface area contributed by atoms with E-state index in [1.807, 2.05) is 102 Å². The monoisotopic (exact) mass is 667 g/mol. The molecule has 48 heavy (non-hydrogen) atoms. The van der Waals surface area contributed by atoms with Crippen molar-refractivity contribution in [1.82, 2.24) is 15.1 Å². The molecule has 264 valence electrons. The van der Waals surface area contributed by atoms with Gasteiger partial charge in [0.1, 0.15) is 18.8 Å². The molecular weight excluding hydrogens is 614 g/mol. The maximum absolute atomic E-state index is 12.4. The van der Waals surface area contributed by atoms with Gasteiger partial charge in [0.2, 0.25) is 0 Å². The van der Waals surface area contributed by atoms with Crippen molar-refractivity contribution >= 4 is 24.2 Å². The van der Waals surface area contributed by atoms with Gasteiger partial charge in [0.25, 0.3) is 0 Å². The minimum absolute atomic E-state index is 0.0872. The normalized spacial score (nSPS) is 23.4. The zero-order chi connectivity index (χ0) is 35.5. The number of carbonyl (C=O) groups excluding carboxylic acids is 4. The lowest BCUT2D eigenvalue weighted by molar-refractivity contribution is -0.153. The Kier molecular flexibility index (Phi) is 13.3. The molecule has 0 bridgehead atoms. The summed E-state index contributed by atoms with van der Waals surface area (Å²) in [7, 11) is 1.39. The molecule has 1 N–H and O–H groups in total. The van der Waals surface area contributed by atoms with Crippen LogP contribution in [0, 0.1) is 17.3 Å². The highest BCUT2D eigenvalue weighted by molar-refractivity contribution is 5.79. The zero-order valence-electron chi connectivity index (χ0n) is 29.7. The number of esters is 1. The van der Waals surface area contributed by atoms with Crippen molar-refractivity contribution in [3.05, 3.63) is 71.8 Å². The van der Waals surface area contributed by atoms with Crippen LogP contribution in [-0.4, -0.2) is 78.5 Å². The van der Waals surface area contributed by atoms with Gasteiger partial charge in [-0.1, -0.05) is 80.9 Å². The Hall–Kier alpha value is -4.28. The summed E-state index contributed by atoms with van der Waals surface area (Å²) in [5.41, 5.74) is 0.132. The van der Waals surface area contributed by atoms with Crippen molar-refractivity contribution in [3.63, 3.8) is 0 Å². The first-order valence-electron chi connectivity index (χ1n) is 16.6. The van der Waals surface area contributed by atoms with E-state index in [-0.39, 0.29) is 43.2 Å². The van der Waals surface area contributed by atoms with Crippen LogP contribution in [0.5, 0.6) is 0 Å². The second-order valence-electron chi connectivity index (χ2n) is 14.0. The summed E-state index contributed by atoms with van der Waals surface area (Å²) in [5.74, 6) is -0.0405. The Morgan fingerprint density at radius 1 is 0.771 bits per heavy atom. The third kappa shape index (κ3) is 10.4. The summed E-state index contributed by atoms with van der Waals surface area (Å²) in [6, 6.07) is 19.1. The number of hydrogen-bond acceptors (Lipinski definition) is 8. The van der Waals surface area contributed by atoms with Crippen molar-refractivity contribution in [2.24, 2.45) is 17.3 Å². The standard InChI is InChI=1S/C20H30N2O4.C17H23NO4/c1-6-16-12-22(18(24)25-13-15-10-8-7-9-11-15)14-20(16,5)21-17(23)26-19(2,3)4;1-4-14-10-18(12-17(14,2)15(19)21-3)16(20)22-11-13-8-6-5-7-9-13/h7-11,16H,6,12-14H2,1-5H3,(H,21,23);5-9,14H,4,10-12H2,1-3H3/t16-,20-;14-,17-/m11/s1. The summed E-state index contributed by atoms with van der Waals surface area (Å²) >= 11 is 0. The summed E-state index contributed by atoms with van der Waals surface area (Å²) in [4.78, 5) is 52.2. The highest BCUT2D eigenvalue weighted by atomic mass is 16.6. The van der Waals surface area contributed by atoms with Crippen molar-refractivity contribution in [3.8, 4) is 0 Å². The molecule has 2 heterocycles. The van der Waals surface area contributed by atoms with Gasteiger partial charge in [-0.05, 0) is 58.1 Å². The number of nitrogens with one attached hydrogen (secondary N) is 1. The van der Waals surface area contributed by atoms with Crippen molar-refractivity contribution in [1.29, 1.82) is 0 Å². The SMILES string of the molecule is CC[C@@H]1CN(C(=O)OCc2ccccc2)C[C@@]1(C)C(=O)OC.CC[C@@H]1CN(C(=O)OCc2ccccc2)C[C@@]1(C)NC(=O)OC(C)(C)C. The van der Waals surface area contributed by atoms with E-state index in [1.54, 1.807) is 9.80 Å². The van der Waals surface area contributed by atoms with Crippen LogP contribution in [0.4, 0.5) is 14.4 Å². The fraction of sp³-hybridized carbons (Fsp3) is 0.568. The molecule has 0 aromatic heterocycles. The lowest BCUT2D eigenvalue weighted by atomic mass is 9.78. The molecule has 2 fully saturated rings. The van der Waals surface area contributed by atoms with Gasteiger partial charge in [0.05, 0.1) is 18.1 Å². The zero-order valence-corrected chi connectivity index (χ0v) is 29.7. The molecule has 2 saturated heterocycles. The largest absolute Gasteiger partial charge is 0.469 e. The van der Waals surface area contributed by atoms with Gasteiger partial charge in [-0.2, -0.15) is 0 Å². The van der Waals surface area contributed by atoms with E-state index in [0.717, 1.165) is 24.0 Å². The van der Waals surface area contributed by atoms with Crippen molar-refractivity contribution < 1.29 is 38.1 Å². The summed E-state index contributed by atoms with van der Waals surface area (Å²) in [6.07, 6.45) is 0.456. The van der Waals surface area contributed by atoms with Crippen LogP contribution in [0.15, 0.2) is 60.7 Å². The fourth-order valence-electron chi connectivity index (χ4n) is 6.32. The molecule has 0 aliphatic carbocycles. The van der Waals surface area contributed by atoms with Crippen LogP contribution in [0.25, 0.3) is 0 Å². The highest BCUT2D eigenvalue weighted by Gasteiger charge is 2.50. The van der Waals surface area contributed by atoms with Crippen LogP contribution in [0.3, 0.4) is 0 Å². The second-order valence-corrected chi connectivity index (χ2v) is 14.0. The van der Waals surface area contributed by atoms with Crippen LogP contribution in [-0.2, 0) is 37.0 Å². The first-order chi connectivity index (χ1) is 22.6. The lowest BCUT2D eigenvalue weighted by Crippen LogP contribution is -2.53. The molecule has 0 saturated carbocycles. The predicted octanol–water partition coefficient (Wildman–Crippen LogP) is 6.79. The Labute approximate surface area is 285 Å². The molecule has 0 unspecified atom stereocenters. The van der Waals surface area contributed by atoms with Gasteiger partial charge < -0.3 is 34.1 Å². The number of amides is 3. The number of likely N-dealkylation sites (tertiary alicyclic amines) is 2. The maximum atomic E-state index is 12.4. The van der Waals surface area contributed by atoms with Gasteiger partial charge in [-0.15, -0.1) is 0 Å². The molecule has 0 spiro atoms. The topological polar surface area (TPSA) is 124 Å². The van der Waals surface area contributed by atoms with E-state index < -0.39 is 22.6 Å². The Balaban J connectivity index is 0.000000264. The molecule has 2 aromatic rings. The second kappa shape index (κ2) is 16.7. The van der Waals surface area contributed by atoms with Gasteiger partial charge in [-0.3, -0.25) is 4.79 Å². The minimum atomic E-state index is -0.657. The van der Waals surface area contributed by atoms with E-state index >= 15 is 0 Å². The number of hydrogen-bond donors (Lipinski definition) is 1. The number of rotatable bonds is 8. The smallest absolute Gasteiger partial charge is 0.410 e. The number of nitrogens with zero attached hydrogens (tertiary/aromatic N) is 2. The number of alkyl carbamates (subject to hydrolysis) is 1. The summed E-state index contributed by atoms with van der Waals surface area (Å²) in [5, 5.41) is 2.96. The van der Waals surface area contributed by atoms with Gasteiger partial charge in [-0.25, -0.2) is 14.4 Å². The molecule has 2 aliphatic rings. The predicted molar refractivity (Wildman–Crippen MR) is 182 cm³/mol. The van der Waals surface area contributed by atoms with E-state index in [9.17, 15) is 19.2 Å². The Bertz CT molecular complexity index is 1370. The fourth-order valence-corrected chi connectivity index (χ4v) is 6.32. The van der Waals surface area contributed by atoms with E-state index in [4.69, 9.17) is 18.9 Å². The summed E-state index contributed by atoms with van der Waals surface area (Å²) < 4.78 is 21.1. The van der Waals surface area contributed by atoms with Crippen molar-refractivity contribution in [2.45, 2.75) is 85.7 Å². The Morgan fingerprint density at radius 3 is 1.67 bits per heavy atom. The summed E-state index contributed by atoms with van der Waals surface area (Å²) in [6.45, 7) is 15.7. The maximum Gasteiger partial charge on any atom is 0.410 e. The minimum Gasteiger partial charge on any atom is -0.469 e. The molecule has 0 radical (unpaired) electrons. The average Bonchev–Trinajstić information content (AvgIpc) is 3.59. The Morgan fingerprint density at radius 2 is 1.23 bits per heavy atom. The van der Waals surface area contributed by atoms with Gasteiger partial charge in [0.15, 0.2) is 0 Å². The van der Waals surface area contributed by atoms with Crippen LogP contribution in [0.1, 0.15) is 72.4 Å². The third-order valence-electron chi connectivity index (χ3n) is 9.07. The molecule has 3 amide bonds.